The number of nitrogens with one attached hydrogen (secondary N) is 1. The first kappa shape index (κ1) is 20.8. The molecule has 0 amide bonds. The van der Waals surface area contributed by atoms with Gasteiger partial charge in [0.2, 0.25) is 0 Å². The molecular formula is C20H28NO6S+. The van der Waals surface area contributed by atoms with E-state index in [1.165, 1.54) is 6.07 Å². The zero-order valence-electron chi connectivity index (χ0n) is 16.6. The van der Waals surface area contributed by atoms with Crippen molar-refractivity contribution in [1.82, 2.24) is 0 Å². The Morgan fingerprint density at radius 1 is 1.36 bits per heavy atom. The van der Waals surface area contributed by atoms with Gasteiger partial charge in [0.1, 0.15) is 30.6 Å². The molecule has 1 saturated heterocycles. The van der Waals surface area contributed by atoms with E-state index in [1.54, 1.807) is 7.11 Å². The fourth-order valence-electron chi connectivity index (χ4n) is 4.01. The van der Waals surface area contributed by atoms with Gasteiger partial charge in [-0.05, 0) is 30.5 Å². The van der Waals surface area contributed by atoms with Crippen LogP contribution in [0.15, 0.2) is 21.3 Å². The Morgan fingerprint density at radius 2 is 2.11 bits per heavy atom. The maximum atomic E-state index is 12.0. The number of fused-ring (bicyclic) bond motifs is 1. The van der Waals surface area contributed by atoms with E-state index in [-0.39, 0.29) is 23.3 Å². The number of rotatable bonds is 7. The van der Waals surface area contributed by atoms with Crippen LogP contribution in [0.2, 0.25) is 0 Å². The minimum atomic E-state index is -3.03. The predicted molar refractivity (Wildman–Crippen MR) is 107 cm³/mol. The van der Waals surface area contributed by atoms with E-state index in [0.29, 0.717) is 43.7 Å². The van der Waals surface area contributed by atoms with E-state index in [2.05, 4.69) is 0 Å². The third kappa shape index (κ3) is 4.24. The van der Waals surface area contributed by atoms with Gasteiger partial charge in [0.15, 0.2) is 15.4 Å². The molecule has 0 spiro atoms. The molecule has 2 heterocycles. The van der Waals surface area contributed by atoms with Gasteiger partial charge in [-0.15, -0.1) is 0 Å². The number of phenols is 1. The van der Waals surface area contributed by atoms with Crippen molar-refractivity contribution in [3.8, 4) is 5.75 Å². The van der Waals surface area contributed by atoms with Crippen molar-refractivity contribution in [3.63, 3.8) is 0 Å². The van der Waals surface area contributed by atoms with Crippen molar-refractivity contribution < 1.29 is 27.6 Å². The summed E-state index contributed by atoms with van der Waals surface area (Å²) in [6, 6.07) is 3.24. The number of ether oxygens (including phenoxy) is 1. The van der Waals surface area contributed by atoms with E-state index in [9.17, 15) is 18.3 Å². The van der Waals surface area contributed by atoms with Crippen molar-refractivity contribution in [2.45, 2.75) is 39.3 Å². The molecular weight excluding hydrogens is 382 g/mol. The highest BCUT2D eigenvalue weighted by Gasteiger charge is 2.36. The van der Waals surface area contributed by atoms with Crippen LogP contribution in [0, 0.1) is 6.92 Å². The van der Waals surface area contributed by atoms with Gasteiger partial charge < -0.3 is 19.2 Å². The Hall–Kier alpha value is -1.90. The quantitative estimate of drug-likeness (QED) is 0.649. The normalized spacial score (nSPS) is 19.9. The van der Waals surface area contributed by atoms with Crippen LogP contribution in [0.25, 0.3) is 11.0 Å². The topological polar surface area (TPSA) is 98.2 Å². The molecule has 3 rings (SSSR count). The zero-order valence-corrected chi connectivity index (χ0v) is 17.4. The fourth-order valence-corrected chi connectivity index (χ4v) is 5.84. The standard InChI is InChI=1S/C20H27NO6S/c1-4-14-10-16-13(2)9-18(22)27-20(16)17(19(14)23)11-21(6-7-26-3)15-5-8-28(24,25)12-15/h9-10,15,23H,4-8,11-12H2,1-3H3/p+1/t15-/m1/s1. The highest BCUT2D eigenvalue weighted by atomic mass is 32.2. The minimum Gasteiger partial charge on any atom is -0.507 e. The van der Waals surface area contributed by atoms with Crippen LogP contribution >= 0.6 is 0 Å². The Morgan fingerprint density at radius 3 is 2.71 bits per heavy atom. The van der Waals surface area contributed by atoms with Gasteiger partial charge >= 0.3 is 5.63 Å². The van der Waals surface area contributed by atoms with Crippen LogP contribution in [-0.4, -0.2) is 51.3 Å². The summed E-state index contributed by atoms with van der Waals surface area (Å²) in [6.45, 7) is 5.24. The first-order valence-electron chi connectivity index (χ1n) is 9.57. The predicted octanol–water partition coefficient (Wildman–Crippen LogP) is 0.588. The summed E-state index contributed by atoms with van der Waals surface area (Å²) in [7, 11) is -1.43. The average Bonchev–Trinajstić information content (AvgIpc) is 3.00. The number of quaternary nitrogens is 1. The molecule has 1 aliphatic rings. The molecule has 8 heteroatoms. The second kappa shape index (κ2) is 8.23. The molecule has 1 aliphatic heterocycles. The fraction of sp³-hybridized carbons (Fsp3) is 0.550. The molecule has 2 aromatic rings. The number of aryl methyl sites for hydroxylation is 2. The summed E-state index contributed by atoms with van der Waals surface area (Å²) in [5, 5.41) is 11.7. The van der Waals surface area contributed by atoms with Gasteiger partial charge in [0.05, 0.1) is 17.9 Å². The molecule has 154 valence electrons. The molecule has 2 atom stereocenters. The number of hydrogen-bond acceptors (Lipinski definition) is 6. The van der Waals surface area contributed by atoms with Crippen molar-refractivity contribution in [2.75, 3.05) is 31.8 Å². The first-order valence-corrected chi connectivity index (χ1v) is 11.4. The van der Waals surface area contributed by atoms with E-state index < -0.39 is 15.5 Å². The summed E-state index contributed by atoms with van der Waals surface area (Å²) in [6.07, 6.45) is 1.22. The highest BCUT2D eigenvalue weighted by Crippen LogP contribution is 2.32. The second-order valence-corrected chi connectivity index (χ2v) is 9.75. The van der Waals surface area contributed by atoms with Crippen LogP contribution in [0.3, 0.4) is 0 Å². The van der Waals surface area contributed by atoms with Gasteiger partial charge in [-0.3, -0.25) is 0 Å². The lowest BCUT2D eigenvalue weighted by Crippen LogP contribution is -3.15. The van der Waals surface area contributed by atoms with Crippen LogP contribution < -0.4 is 10.5 Å². The summed E-state index contributed by atoms with van der Waals surface area (Å²) in [5.41, 5.74) is 2.06. The third-order valence-electron chi connectivity index (χ3n) is 5.61. The SMILES string of the molecule is CCc1cc2c(C)cc(=O)oc2c(C[NH+](CCOC)[C@@H]2CCS(=O)(=O)C2)c1O. The van der Waals surface area contributed by atoms with Crippen molar-refractivity contribution in [3.05, 3.63) is 39.2 Å². The Kier molecular flexibility index (Phi) is 6.12. The third-order valence-corrected chi connectivity index (χ3v) is 7.38. The number of phenolic OH excluding ortho intramolecular Hbond substituents is 1. The molecule has 0 radical (unpaired) electrons. The lowest BCUT2D eigenvalue weighted by molar-refractivity contribution is -0.936. The van der Waals surface area contributed by atoms with Crippen molar-refractivity contribution in [2.24, 2.45) is 0 Å². The number of methoxy groups -OCH3 is 1. The number of sulfone groups is 1. The lowest BCUT2D eigenvalue weighted by Gasteiger charge is -2.26. The molecule has 0 aliphatic carbocycles. The second-order valence-electron chi connectivity index (χ2n) is 7.52. The molecule has 2 N–H and O–H groups in total. The number of benzene rings is 1. The van der Waals surface area contributed by atoms with E-state index in [0.717, 1.165) is 21.4 Å². The molecule has 0 bridgehead atoms. The maximum absolute atomic E-state index is 12.0. The van der Waals surface area contributed by atoms with Crippen LogP contribution in [0.1, 0.15) is 30.0 Å². The van der Waals surface area contributed by atoms with Crippen LogP contribution in [-0.2, 0) is 27.5 Å². The van der Waals surface area contributed by atoms with Crippen molar-refractivity contribution >= 4 is 20.8 Å². The largest absolute Gasteiger partial charge is 0.507 e. The average molecular weight is 411 g/mol. The van der Waals surface area contributed by atoms with Crippen LogP contribution in [0.5, 0.6) is 5.75 Å². The minimum absolute atomic E-state index is 0.0728. The zero-order chi connectivity index (χ0) is 20.5. The Labute approximate surface area is 164 Å². The summed E-state index contributed by atoms with van der Waals surface area (Å²) >= 11 is 0. The Bertz CT molecular complexity index is 1030. The molecule has 1 fully saturated rings. The van der Waals surface area contributed by atoms with E-state index >= 15 is 0 Å². The molecule has 0 saturated carbocycles. The van der Waals surface area contributed by atoms with E-state index in [1.807, 2.05) is 19.9 Å². The Balaban J connectivity index is 2.09. The smallest absolute Gasteiger partial charge is 0.336 e. The lowest BCUT2D eigenvalue weighted by atomic mass is 9.99. The summed E-state index contributed by atoms with van der Waals surface area (Å²) < 4.78 is 34.7. The molecule has 28 heavy (non-hydrogen) atoms. The molecule has 1 aromatic heterocycles. The van der Waals surface area contributed by atoms with Gasteiger partial charge in [-0.2, -0.15) is 0 Å². The van der Waals surface area contributed by atoms with Crippen molar-refractivity contribution in [1.29, 1.82) is 0 Å². The van der Waals surface area contributed by atoms with Gasteiger partial charge in [0.25, 0.3) is 0 Å². The maximum Gasteiger partial charge on any atom is 0.336 e. The van der Waals surface area contributed by atoms with Gasteiger partial charge in [-0.1, -0.05) is 6.92 Å². The summed E-state index contributed by atoms with van der Waals surface area (Å²) in [4.78, 5) is 13.0. The summed E-state index contributed by atoms with van der Waals surface area (Å²) in [5.74, 6) is 0.435. The molecule has 1 unspecified atom stereocenters. The molecule has 7 nitrogen and oxygen atoms in total. The van der Waals surface area contributed by atoms with E-state index in [4.69, 9.17) is 9.15 Å². The van der Waals surface area contributed by atoms with Gasteiger partial charge in [0, 0.05) is 25.0 Å². The number of hydrogen-bond donors (Lipinski definition) is 2. The van der Waals surface area contributed by atoms with Crippen LogP contribution in [0.4, 0.5) is 0 Å². The first-order chi connectivity index (χ1) is 13.3. The highest BCUT2D eigenvalue weighted by molar-refractivity contribution is 7.91. The molecule has 1 aromatic carbocycles. The van der Waals surface area contributed by atoms with Gasteiger partial charge in [-0.25, -0.2) is 13.2 Å². The number of aromatic hydroxyl groups is 1. The monoisotopic (exact) mass is 410 g/mol.